The summed E-state index contributed by atoms with van der Waals surface area (Å²) in [7, 11) is 0. The highest BCUT2D eigenvalue weighted by molar-refractivity contribution is 5.25. The molecule has 0 aliphatic carbocycles. The largest absolute Gasteiger partial charge is 0.359 e. The molecule has 94 valence electrons. The molecule has 2 aromatic rings. The molecule has 2 heterocycles. The van der Waals surface area contributed by atoms with Crippen molar-refractivity contribution in [1.82, 2.24) is 10.1 Å². The van der Waals surface area contributed by atoms with Crippen LogP contribution < -0.4 is 5.73 Å². The van der Waals surface area contributed by atoms with Gasteiger partial charge in [-0.3, -0.25) is 4.90 Å². The highest BCUT2D eigenvalue weighted by Crippen LogP contribution is 2.23. The van der Waals surface area contributed by atoms with Crippen molar-refractivity contribution in [2.75, 3.05) is 6.54 Å². The molecule has 0 saturated carbocycles. The fraction of sp³-hybridized carbons (Fsp3) is 0.357. The fourth-order valence-corrected chi connectivity index (χ4v) is 2.48. The second-order valence-corrected chi connectivity index (χ2v) is 4.68. The molecule has 3 rings (SSSR count). The first-order valence-electron chi connectivity index (χ1n) is 6.29. The van der Waals surface area contributed by atoms with E-state index in [1.54, 1.807) is 0 Å². The monoisotopic (exact) mass is 243 g/mol. The minimum Gasteiger partial charge on any atom is -0.359 e. The highest BCUT2D eigenvalue weighted by atomic mass is 16.5. The molecule has 0 radical (unpaired) electrons. The van der Waals surface area contributed by atoms with E-state index in [2.05, 4.69) is 34.3 Å². The van der Waals surface area contributed by atoms with E-state index in [0.717, 1.165) is 37.5 Å². The zero-order valence-electron chi connectivity index (χ0n) is 10.3. The number of hydrogen-bond donors (Lipinski definition) is 1. The Bertz CT molecular complexity index is 521. The van der Waals surface area contributed by atoms with Crippen LogP contribution in [0.25, 0.3) is 0 Å². The minimum absolute atomic E-state index is 0.470. The number of benzene rings is 1. The standard InChI is InChI=1S/C14H17N3O/c15-8-13-12-6-7-17(10-14(12)18-16-13)9-11-4-2-1-3-5-11/h1-5H,6-10,15H2. The molecular weight excluding hydrogens is 226 g/mol. The van der Waals surface area contributed by atoms with Gasteiger partial charge in [0.1, 0.15) is 5.69 Å². The minimum atomic E-state index is 0.470. The molecule has 0 fully saturated rings. The van der Waals surface area contributed by atoms with Crippen LogP contribution in [0.1, 0.15) is 22.6 Å². The molecule has 1 aliphatic heterocycles. The average Bonchev–Trinajstić information content (AvgIpc) is 2.82. The van der Waals surface area contributed by atoms with Crippen LogP contribution in [-0.2, 0) is 26.1 Å². The summed E-state index contributed by atoms with van der Waals surface area (Å²) in [6.07, 6.45) is 0.984. The smallest absolute Gasteiger partial charge is 0.154 e. The van der Waals surface area contributed by atoms with Crippen molar-refractivity contribution in [2.45, 2.75) is 26.1 Å². The summed E-state index contributed by atoms with van der Waals surface area (Å²) in [5.41, 5.74) is 9.12. The number of fused-ring (bicyclic) bond motifs is 1. The quantitative estimate of drug-likeness (QED) is 0.891. The molecule has 1 aromatic heterocycles. The van der Waals surface area contributed by atoms with Crippen LogP contribution in [0.2, 0.25) is 0 Å². The Hall–Kier alpha value is -1.65. The van der Waals surface area contributed by atoms with Gasteiger partial charge in [0.05, 0.1) is 6.54 Å². The van der Waals surface area contributed by atoms with Crippen LogP contribution in [0.15, 0.2) is 34.9 Å². The SMILES string of the molecule is NCc1noc2c1CCN(Cc1ccccc1)C2. The Balaban J connectivity index is 1.72. The third kappa shape index (κ3) is 2.17. The van der Waals surface area contributed by atoms with Gasteiger partial charge in [0, 0.05) is 25.2 Å². The van der Waals surface area contributed by atoms with Gasteiger partial charge in [0.25, 0.3) is 0 Å². The molecular formula is C14H17N3O. The van der Waals surface area contributed by atoms with E-state index in [1.807, 2.05) is 6.07 Å². The summed E-state index contributed by atoms with van der Waals surface area (Å²) in [6, 6.07) is 10.5. The number of hydrogen-bond acceptors (Lipinski definition) is 4. The predicted octanol–water partition coefficient (Wildman–Crippen LogP) is 1.69. The number of aromatic nitrogens is 1. The molecule has 1 aromatic carbocycles. The molecule has 4 heteroatoms. The summed E-state index contributed by atoms with van der Waals surface area (Å²) in [5, 5.41) is 4.03. The van der Waals surface area contributed by atoms with Gasteiger partial charge in [0.15, 0.2) is 5.76 Å². The lowest BCUT2D eigenvalue weighted by atomic mass is 10.0. The second kappa shape index (κ2) is 4.92. The lowest BCUT2D eigenvalue weighted by Crippen LogP contribution is -2.29. The van der Waals surface area contributed by atoms with E-state index in [-0.39, 0.29) is 0 Å². The molecule has 4 nitrogen and oxygen atoms in total. The zero-order chi connectivity index (χ0) is 12.4. The van der Waals surface area contributed by atoms with Crippen molar-refractivity contribution in [3.8, 4) is 0 Å². The Morgan fingerprint density at radius 3 is 2.89 bits per heavy atom. The molecule has 0 saturated heterocycles. The average molecular weight is 243 g/mol. The Labute approximate surface area is 106 Å². The first-order valence-corrected chi connectivity index (χ1v) is 6.29. The van der Waals surface area contributed by atoms with Crippen molar-refractivity contribution < 1.29 is 4.52 Å². The molecule has 0 spiro atoms. The summed E-state index contributed by atoms with van der Waals surface area (Å²) in [6.45, 7) is 3.30. The van der Waals surface area contributed by atoms with Gasteiger partial charge in [-0.1, -0.05) is 35.5 Å². The van der Waals surface area contributed by atoms with Crippen LogP contribution in [0, 0.1) is 0 Å². The van der Waals surface area contributed by atoms with Crippen LogP contribution in [0.3, 0.4) is 0 Å². The van der Waals surface area contributed by atoms with Gasteiger partial charge in [-0.15, -0.1) is 0 Å². The number of nitrogens with zero attached hydrogens (tertiary/aromatic N) is 2. The molecule has 0 bridgehead atoms. The van der Waals surface area contributed by atoms with Crippen LogP contribution in [0.4, 0.5) is 0 Å². The lowest BCUT2D eigenvalue weighted by Gasteiger charge is -2.25. The summed E-state index contributed by atoms with van der Waals surface area (Å²) < 4.78 is 5.37. The van der Waals surface area contributed by atoms with Crippen molar-refractivity contribution in [3.63, 3.8) is 0 Å². The summed E-state index contributed by atoms with van der Waals surface area (Å²) in [4.78, 5) is 2.38. The Morgan fingerprint density at radius 2 is 2.11 bits per heavy atom. The first kappa shape index (κ1) is 11.4. The molecule has 0 unspecified atom stereocenters. The maximum atomic E-state index is 5.64. The van der Waals surface area contributed by atoms with E-state index < -0.39 is 0 Å². The first-order chi connectivity index (χ1) is 8.86. The highest BCUT2D eigenvalue weighted by Gasteiger charge is 2.23. The third-order valence-electron chi connectivity index (χ3n) is 3.44. The Morgan fingerprint density at radius 1 is 1.28 bits per heavy atom. The van der Waals surface area contributed by atoms with Crippen LogP contribution in [0.5, 0.6) is 0 Å². The lowest BCUT2D eigenvalue weighted by molar-refractivity contribution is 0.210. The van der Waals surface area contributed by atoms with Crippen molar-refractivity contribution >= 4 is 0 Å². The maximum Gasteiger partial charge on any atom is 0.154 e. The van der Waals surface area contributed by atoms with Crippen LogP contribution >= 0.6 is 0 Å². The summed E-state index contributed by atoms with van der Waals surface area (Å²) in [5.74, 6) is 0.984. The van der Waals surface area contributed by atoms with Gasteiger partial charge in [-0.25, -0.2) is 0 Å². The van der Waals surface area contributed by atoms with Crippen LogP contribution in [-0.4, -0.2) is 16.6 Å². The van der Waals surface area contributed by atoms with E-state index in [1.165, 1.54) is 11.1 Å². The topological polar surface area (TPSA) is 55.3 Å². The number of rotatable bonds is 3. The van der Waals surface area contributed by atoms with Gasteiger partial charge in [0.2, 0.25) is 0 Å². The predicted molar refractivity (Wildman–Crippen MR) is 68.7 cm³/mol. The van der Waals surface area contributed by atoms with E-state index >= 15 is 0 Å². The van der Waals surface area contributed by atoms with Gasteiger partial charge in [-0.05, 0) is 12.0 Å². The number of nitrogens with two attached hydrogens (primary N) is 1. The normalized spacial score (nSPS) is 15.6. The molecule has 18 heavy (non-hydrogen) atoms. The third-order valence-corrected chi connectivity index (χ3v) is 3.44. The fourth-order valence-electron chi connectivity index (χ4n) is 2.48. The summed E-state index contributed by atoms with van der Waals surface area (Å²) >= 11 is 0. The zero-order valence-corrected chi connectivity index (χ0v) is 10.3. The van der Waals surface area contributed by atoms with E-state index in [0.29, 0.717) is 6.54 Å². The molecule has 0 atom stereocenters. The molecule has 1 aliphatic rings. The molecule has 2 N–H and O–H groups in total. The molecule has 0 amide bonds. The van der Waals surface area contributed by atoms with Crippen molar-refractivity contribution in [1.29, 1.82) is 0 Å². The van der Waals surface area contributed by atoms with Crippen molar-refractivity contribution in [2.24, 2.45) is 5.73 Å². The van der Waals surface area contributed by atoms with E-state index in [4.69, 9.17) is 10.3 Å². The Kier molecular flexibility index (Phi) is 3.13. The van der Waals surface area contributed by atoms with Gasteiger partial charge >= 0.3 is 0 Å². The van der Waals surface area contributed by atoms with Gasteiger partial charge < -0.3 is 10.3 Å². The van der Waals surface area contributed by atoms with Gasteiger partial charge in [-0.2, -0.15) is 0 Å². The van der Waals surface area contributed by atoms with E-state index in [9.17, 15) is 0 Å². The maximum absolute atomic E-state index is 5.64. The second-order valence-electron chi connectivity index (χ2n) is 4.68. The van der Waals surface area contributed by atoms with Crippen molar-refractivity contribution in [3.05, 3.63) is 52.9 Å².